The third-order valence-corrected chi connectivity index (χ3v) is 4.58. The fraction of sp³-hybridized carbons (Fsp3) is 0.667. The van der Waals surface area contributed by atoms with Crippen LogP contribution >= 0.6 is 11.3 Å². The molecule has 1 aromatic rings. The molecule has 106 valence electrons. The largest absolute Gasteiger partial charge is 0.388 e. The molecule has 0 amide bonds. The van der Waals surface area contributed by atoms with Gasteiger partial charge in [-0.3, -0.25) is 10.1 Å². The maximum atomic E-state index is 11.1. The summed E-state index contributed by atoms with van der Waals surface area (Å²) in [5.74, 6) is 0. The van der Waals surface area contributed by atoms with E-state index in [9.17, 15) is 15.2 Å². The van der Waals surface area contributed by atoms with Crippen LogP contribution in [-0.4, -0.2) is 36.3 Å². The predicted octanol–water partition coefficient (Wildman–Crippen LogP) is 2.32. The summed E-state index contributed by atoms with van der Waals surface area (Å²) in [5, 5.41) is 21.2. The van der Waals surface area contributed by atoms with E-state index in [4.69, 9.17) is 4.74 Å². The molecule has 1 N–H and O–H groups in total. The van der Waals surface area contributed by atoms with Gasteiger partial charge in [0.15, 0.2) is 5.00 Å². The summed E-state index contributed by atoms with van der Waals surface area (Å²) >= 11 is 1.27. The molecule has 1 fully saturated rings. The van der Waals surface area contributed by atoms with Crippen LogP contribution in [0, 0.1) is 10.1 Å². The molecule has 19 heavy (non-hydrogen) atoms. The van der Waals surface area contributed by atoms with Gasteiger partial charge in [-0.2, -0.15) is 0 Å². The predicted molar refractivity (Wildman–Crippen MR) is 73.9 cm³/mol. The summed E-state index contributed by atoms with van der Waals surface area (Å²) in [4.78, 5) is 13.1. The van der Waals surface area contributed by atoms with Crippen LogP contribution in [-0.2, 0) is 4.74 Å². The van der Waals surface area contributed by atoms with Crippen molar-refractivity contribution in [2.24, 2.45) is 0 Å². The zero-order chi connectivity index (χ0) is 14.0. The Morgan fingerprint density at radius 1 is 1.74 bits per heavy atom. The molecular formula is C12H18N2O4S. The number of nitrogens with zero attached hydrogens (tertiary/aromatic N) is 2. The SMILES string of the molecule is C[C@H](O)c1cc([N+](=O)[O-])c(N(C)CC2CCCO2)s1. The Kier molecular flexibility index (Phi) is 4.38. The Morgan fingerprint density at radius 3 is 3.00 bits per heavy atom. The molecule has 0 bridgehead atoms. The van der Waals surface area contributed by atoms with Crippen LogP contribution in [0.2, 0.25) is 0 Å². The molecule has 0 spiro atoms. The third-order valence-electron chi connectivity index (χ3n) is 3.17. The zero-order valence-electron chi connectivity index (χ0n) is 11.0. The summed E-state index contributed by atoms with van der Waals surface area (Å²) in [6, 6.07) is 1.46. The van der Waals surface area contributed by atoms with Gasteiger partial charge in [0.1, 0.15) is 0 Å². The summed E-state index contributed by atoms with van der Waals surface area (Å²) in [6.45, 7) is 3.02. The third kappa shape index (κ3) is 3.23. The number of hydrogen-bond acceptors (Lipinski definition) is 6. The first-order valence-corrected chi connectivity index (χ1v) is 7.09. The second-order valence-corrected chi connectivity index (χ2v) is 5.85. The van der Waals surface area contributed by atoms with Gasteiger partial charge in [-0.05, 0) is 19.8 Å². The number of aliphatic hydroxyl groups is 1. The molecule has 2 atom stereocenters. The van der Waals surface area contributed by atoms with Gasteiger partial charge >= 0.3 is 5.69 Å². The number of likely N-dealkylation sites (N-methyl/N-ethyl adjacent to an activating group) is 1. The highest BCUT2D eigenvalue weighted by molar-refractivity contribution is 7.16. The van der Waals surface area contributed by atoms with Crippen LogP contribution in [0.4, 0.5) is 10.7 Å². The second kappa shape index (κ2) is 5.85. The standard InChI is InChI=1S/C12H18N2O4S/c1-8(15)11-6-10(14(16)17)12(19-11)13(2)7-9-4-3-5-18-9/h6,8-9,15H,3-5,7H2,1-2H3/t8-,9?/m0/s1. The first-order chi connectivity index (χ1) is 8.99. The van der Waals surface area contributed by atoms with Crippen molar-refractivity contribution in [3.05, 3.63) is 21.1 Å². The first kappa shape index (κ1) is 14.2. The van der Waals surface area contributed by atoms with Crippen LogP contribution in [0.15, 0.2) is 6.07 Å². The van der Waals surface area contributed by atoms with Crippen molar-refractivity contribution < 1.29 is 14.8 Å². The maximum Gasteiger partial charge on any atom is 0.304 e. The van der Waals surface area contributed by atoms with Crippen LogP contribution in [0.5, 0.6) is 0 Å². The van der Waals surface area contributed by atoms with E-state index in [0.717, 1.165) is 19.4 Å². The lowest BCUT2D eigenvalue weighted by Gasteiger charge is -2.20. The molecule has 0 saturated carbocycles. The smallest absolute Gasteiger partial charge is 0.304 e. The van der Waals surface area contributed by atoms with E-state index in [2.05, 4.69) is 0 Å². The molecule has 0 aromatic carbocycles. The molecule has 0 radical (unpaired) electrons. The summed E-state index contributed by atoms with van der Waals surface area (Å²) < 4.78 is 5.54. The molecule has 2 heterocycles. The van der Waals surface area contributed by atoms with Gasteiger partial charge in [0.2, 0.25) is 0 Å². The summed E-state index contributed by atoms with van der Waals surface area (Å²) in [7, 11) is 1.83. The highest BCUT2D eigenvalue weighted by Crippen LogP contribution is 2.39. The number of nitro groups is 1. The molecular weight excluding hydrogens is 268 g/mol. The van der Waals surface area contributed by atoms with Crippen molar-refractivity contribution in [2.75, 3.05) is 25.1 Å². The Morgan fingerprint density at radius 2 is 2.47 bits per heavy atom. The number of anilines is 1. The normalized spacial score (nSPS) is 20.5. The average molecular weight is 286 g/mol. The Hall–Kier alpha value is -1.18. The fourth-order valence-corrected chi connectivity index (χ4v) is 3.21. The average Bonchev–Trinajstić information content (AvgIpc) is 2.96. The van der Waals surface area contributed by atoms with Gasteiger partial charge in [0.05, 0.1) is 17.1 Å². The number of thiophene rings is 1. The van der Waals surface area contributed by atoms with Crippen molar-refractivity contribution in [1.29, 1.82) is 0 Å². The highest BCUT2D eigenvalue weighted by Gasteiger charge is 2.26. The highest BCUT2D eigenvalue weighted by atomic mass is 32.1. The molecule has 1 saturated heterocycles. The minimum Gasteiger partial charge on any atom is -0.388 e. The molecule has 6 nitrogen and oxygen atoms in total. The lowest BCUT2D eigenvalue weighted by molar-refractivity contribution is -0.383. The summed E-state index contributed by atoms with van der Waals surface area (Å²) in [5.41, 5.74) is 0.0568. The van der Waals surface area contributed by atoms with Gasteiger partial charge in [-0.1, -0.05) is 0 Å². The van der Waals surface area contributed by atoms with Gasteiger partial charge in [0, 0.05) is 31.1 Å². The Balaban J connectivity index is 2.18. The van der Waals surface area contributed by atoms with Gasteiger partial charge in [-0.15, -0.1) is 11.3 Å². The molecule has 1 aliphatic rings. The van der Waals surface area contributed by atoms with E-state index in [-0.39, 0.29) is 11.8 Å². The fourth-order valence-electron chi connectivity index (χ4n) is 2.18. The number of hydrogen-bond donors (Lipinski definition) is 1. The van der Waals surface area contributed by atoms with Crippen molar-refractivity contribution >= 4 is 22.0 Å². The molecule has 1 aliphatic heterocycles. The van der Waals surface area contributed by atoms with Crippen molar-refractivity contribution in [3.63, 3.8) is 0 Å². The zero-order valence-corrected chi connectivity index (χ0v) is 11.9. The van der Waals surface area contributed by atoms with Crippen molar-refractivity contribution in [1.82, 2.24) is 0 Å². The number of ether oxygens (including phenoxy) is 1. The molecule has 0 aliphatic carbocycles. The van der Waals surface area contributed by atoms with Crippen LogP contribution in [0.3, 0.4) is 0 Å². The Labute approximate surface area is 115 Å². The topological polar surface area (TPSA) is 75.8 Å². The van der Waals surface area contributed by atoms with Crippen molar-refractivity contribution in [2.45, 2.75) is 32.0 Å². The van der Waals surface area contributed by atoms with E-state index in [0.29, 0.717) is 16.4 Å². The van der Waals surface area contributed by atoms with Gasteiger partial charge < -0.3 is 14.7 Å². The Bertz CT molecular complexity index is 455. The number of aliphatic hydroxyl groups excluding tert-OH is 1. The lowest BCUT2D eigenvalue weighted by atomic mass is 10.2. The first-order valence-electron chi connectivity index (χ1n) is 6.28. The van der Waals surface area contributed by atoms with E-state index in [1.165, 1.54) is 17.4 Å². The van der Waals surface area contributed by atoms with Crippen LogP contribution < -0.4 is 4.90 Å². The van der Waals surface area contributed by atoms with Crippen molar-refractivity contribution in [3.8, 4) is 0 Å². The van der Waals surface area contributed by atoms with Gasteiger partial charge in [-0.25, -0.2) is 0 Å². The minimum absolute atomic E-state index is 0.0568. The lowest BCUT2D eigenvalue weighted by Crippen LogP contribution is -2.28. The number of rotatable bonds is 5. The monoisotopic (exact) mass is 286 g/mol. The minimum atomic E-state index is -0.686. The molecule has 1 unspecified atom stereocenters. The van der Waals surface area contributed by atoms with E-state index < -0.39 is 11.0 Å². The van der Waals surface area contributed by atoms with E-state index >= 15 is 0 Å². The molecule has 2 rings (SSSR count). The molecule has 1 aromatic heterocycles. The van der Waals surface area contributed by atoms with Crippen LogP contribution in [0.25, 0.3) is 0 Å². The van der Waals surface area contributed by atoms with E-state index in [1.807, 2.05) is 11.9 Å². The maximum absolute atomic E-state index is 11.1. The van der Waals surface area contributed by atoms with Crippen LogP contribution in [0.1, 0.15) is 30.7 Å². The summed E-state index contributed by atoms with van der Waals surface area (Å²) in [6.07, 6.45) is 1.49. The second-order valence-electron chi connectivity index (χ2n) is 4.79. The van der Waals surface area contributed by atoms with E-state index in [1.54, 1.807) is 6.92 Å². The molecule has 7 heteroatoms. The quantitative estimate of drug-likeness (QED) is 0.664. The van der Waals surface area contributed by atoms with Gasteiger partial charge in [0.25, 0.3) is 0 Å².